The average Bonchev–Trinajstić information content (AvgIpc) is 2.89. The molecule has 1 heterocycles. The van der Waals surface area contributed by atoms with Gasteiger partial charge in [-0.3, -0.25) is 4.79 Å². The highest BCUT2D eigenvalue weighted by molar-refractivity contribution is 7.10. The first-order valence-corrected chi connectivity index (χ1v) is 6.94. The van der Waals surface area contributed by atoms with Gasteiger partial charge in [0.25, 0.3) is 0 Å². The number of aliphatic carboxylic acids is 1. The number of thiophene rings is 1. The highest BCUT2D eigenvalue weighted by Crippen LogP contribution is 2.18. The van der Waals surface area contributed by atoms with Gasteiger partial charge in [-0.2, -0.15) is 0 Å². The number of carbonyl (C=O) groups is 3. The van der Waals surface area contributed by atoms with E-state index in [4.69, 9.17) is 5.11 Å². The molecule has 0 aliphatic heterocycles. The van der Waals surface area contributed by atoms with Crippen LogP contribution in [0.25, 0.3) is 0 Å². The van der Waals surface area contributed by atoms with Crippen molar-refractivity contribution in [2.24, 2.45) is 0 Å². The number of rotatable bonds is 6. The zero-order valence-electron chi connectivity index (χ0n) is 11.2. The van der Waals surface area contributed by atoms with E-state index in [1.807, 2.05) is 0 Å². The first-order valence-electron chi connectivity index (χ1n) is 6.06. The molecule has 3 amide bonds. The summed E-state index contributed by atoms with van der Waals surface area (Å²) >= 11 is 1.23. The van der Waals surface area contributed by atoms with Gasteiger partial charge < -0.3 is 21.1 Å². The molecule has 0 bridgehead atoms. The topological polar surface area (TPSA) is 108 Å². The minimum Gasteiger partial charge on any atom is -0.479 e. The van der Waals surface area contributed by atoms with Crippen LogP contribution >= 0.6 is 11.3 Å². The Hall–Kier alpha value is -2.09. The Bertz CT molecular complexity index is 475. The predicted molar refractivity (Wildman–Crippen MR) is 74.5 cm³/mol. The van der Waals surface area contributed by atoms with Crippen molar-refractivity contribution >= 4 is 29.2 Å². The lowest BCUT2D eigenvalue weighted by molar-refractivity contribution is -0.139. The van der Waals surface area contributed by atoms with Crippen LogP contribution in [0.2, 0.25) is 0 Å². The molecule has 0 spiro atoms. The third-order valence-electron chi connectivity index (χ3n) is 2.44. The minimum absolute atomic E-state index is 0.328. The molecule has 0 fully saturated rings. The number of hydrogen-bond donors (Lipinski definition) is 4. The summed E-state index contributed by atoms with van der Waals surface area (Å²) in [5.41, 5.74) is 0. The molecule has 4 N–H and O–H groups in total. The number of urea groups is 1. The van der Waals surface area contributed by atoms with Crippen LogP contribution in [0.15, 0.2) is 17.5 Å². The van der Waals surface area contributed by atoms with Crippen molar-refractivity contribution in [3.63, 3.8) is 0 Å². The van der Waals surface area contributed by atoms with Gasteiger partial charge in [-0.05, 0) is 25.3 Å². The number of likely N-dealkylation sites (N-methyl/N-ethyl adjacent to an activating group) is 1. The summed E-state index contributed by atoms with van der Waals surface area (Å²) in [5, 5.41) is 18.1. The van der Waals surface area contributed by atoms with Crippen molar-refractivity contribution < 1.29 is 19.5 Å². The molecule has 1 aromatic rings. The van der Waals surface area contributed by atoms with Gasteiger partial charge >= 0.3 is 12.0 Å². The van der Waals surface area contributed by atoms with Crippen LogP contribution in [0, 0.1) is 0 Å². The van der Waals surface area contributed by atoms with E-state index in [2.05, 4.69) is 16.0 Å². The molecule has 110 valence electrons. The summed E-state index contributed by atoms with van der Waals surface area (Å²) in [6.45, 7) is 3.74. The van der Waals surface area contributed by atoms with Crippen LogP contribution in [-0.2, 0) is 9.59 Å². The van der Waals surface area contributed by atoms with Crippen molar-refractivity contribution in [1.82, 2.24) is 16.0 Å². The Morgan fingerprint density at radius 1 is 1.35 bits per heavy atom. The molecule has 1 aromatic heterocycles. The predicted octanol–water partition coefficient (Wildman–Crippen LogP) is 0.698. The van der Waals surface area contributed by atoms with E-state index in [0.29, 0.717) is 11.4 Å². The van der Waals surface area contributed by atoms with E-state index in [1.54, 1.807) is 24.4 Å². The summed E-state index contributed by atoms with van der Waals surface area (Å²) < 4.78 is 0. The van der Waals surface area contributed by atoms with Gasteiger partial charge in [0.15, 0.2) is 6.04 Å². The Balaban J connectivity index is 2.59. The van der Waals surface area contributed by atoms with Crippen LogP contribution < -0.4 is 16.0 Å². The van der Waals surface area contributed by atoms with Crippen LogP contribution in [-0.4, -0.2) is 35.6 Å². The maximum Gasteiger partial charge on any atom is 0.331 e. The fourth-order valence-electron chi connectivity index (χ4n) is 1.47. The Morgan fingerprint density at radius 3 is 2.55 bits per heavy atom. The number of carbonyl (C=O) groups excluding carboxylic acids is 2. The maximum atomic E-state index is 11.7. The van der Waals surface area contributed by atoms with Crippen LogP contribution in [0.3, 0.4) is 0 Å². The molecule has 0 aliphatic rings. The zero-order valence-corrected chi connectivity index (χ0v) is 12.0. The third kappa shape index (κ3) is 4.54. The number of amides is 3. The van der Waals surface area contributed by atoms with Crippen LogP contribution in [0.5, 0.6) is 0 Å². The Kier molecular flexibility index (Phi) is 5.98. The summed E-state index contributed by atoms with van der Waals surface area (Å²) in [6, 6.07) is 0.748. The Labute approximate surface area is 120 Å². The molecule has 2 atom stereocenters. The molecule has 0 saturated carbocycles. The van der Waals surface area contributed by atoms with E-state index in [1.165, 1.54) is 18.3 Å². The zero-order chi connectivity index (χ0) is 15.1. The summed E-state index contributed by atoms with van der Waals surface area (Å²) in [5.74, 6) is -1.49. The maximum absolute atomic E-state index is 11.7. The molecule has 20 heavy (non-hydrogen) atoms. The average molecular weight is 299 g/mol. The fraction of sp³-hybridized carbons (Fsp3) is 0.417. The van der Waals surface area contributed by atoms with Gasteiger partial charge in [-0.25, -0.2) is 9.59 Å². The van der Waals surface area contributed by atoms with E-state index in [0.717, 1.165) is 0 Å². The third-order valence-corrected chi connectivity index (χ3v) is 3.38. The fourth-order valence-corrected chi connectivity index (χ4v) is 2.24. The van der Waals surface area contributed by atoms with Crippen molar-refractivity contribution in [2.45, 2.75) is 25.9 Å². The highest BCUT2D eigenvalue weighted by atomic mass is 32.1. The normalized spacial score (nSPS) is 13.1. The van der Waals surface area contributed by atoms with Crippen LogP contribution in [0.4, 0.5) is 4.79 Å². The van der Waals surface area contributed by atoms with Crippen molar-refractivity contribution in [2.75, 3.05) is 6.54 Å². The van der Waals surface area contributed by atoms with Crippen LogP contribution in [0.1, 0.15) is 24.8 Å². The summed E-state index contributed by atoms with van der Waals surface area (Å²) in [6.07, 6.45) is 0. The number of carboxylic acids is 1. The van der Waals surface area contributed by atoms with Crippen molar-refractivity contribution in [1.29, 1.82) is 0 Å². The summed E-state index contributed by atoms with van der Waals surface area (Å²) in [4.78, 5) is 34.8. The van der Waals surface area contributed by atoms with Gasteiger partial charge in [0.1, 0.15) is 6.04 Å². The largest absolute Gasteiger partial charge is 0.479 e. The first kappa shape index (κ1) is 16.0. The standard InChI is InChI=1S/C12H17N3O4S/c1-3-13-10(16)7(2)14-12(19)15-9(11(17)18)8-5-4-6-20-8/h4-7,9H,3H2,1-2H3,(H,13,16)(H,17,18)(H2,14,15,19). The monoisotopic (exact) mass is 299 g/mol. The molecular weight excluding hydrogens is 282 g/mol. The lowest BCUT2D eigenvalue weighted by Gasteiger charge is -2.17. The number of hydrogen-bond acceptors (Lipinski definition) is 4. The van der Waals surface area contributed by atoms with E-state index < -0.39 is 24.1 Å². The minimum atomic E-state index is -1.16. The summed E-state index contributed by atoms with van der Waals surface area (Å²) in [7, 11) is 0. The van der Waals surface area contributed by atoms with Gasteiger partial charge in [-0.1, -0.05) is 6.07 Å². The van der Waals surface area contributed by atoms with Crippen molar-refractivity contribution in [3.8, 4) is 0 Å². The smallest absolute Gasteiger partial charge is 0.331 e. The van der Waals surface area contributed by atoms with E-state index in [9.17, 15) is 14.4 Å². The molecule has 8 heteroatoms. The Morgan fingerprint density at radius 2 is 2.05 bits per heavy atom. The lowest BCUT2D eigenvalue weighted by Crippen LogP contribution is -2.49. The second-order valence-corrected chi connectivity index (χ2v) is 5.00. The van der Waals surface area contributed by atoms with Gasteiger partial charge in [0, 0.05) is 11.4 Å². The molecule has 0 aromatic carbocycles. The van der Waals surface area contributed by atoms with Gasteiger partial charge in [0.2, 0.25) is 5.91 Å². The molecular formula is C12H17N3O4S. The molecule has 0 radical (unpaired) electrons. The molecule has 0 aliphatic carbocycles. The number of carboxylic acid groups (broad SMARTS) is 1. The first-order chi connectivity index (χ1) is 9.45. The number of nitrogens with one attached hydrogen (secondary N) is 3. The lowest BCUT2D eigenvalue weighted by atomic mass is 10.2. The van der Waals surface area contributed by atoms with Gasteiger partial charge in [-0.15, -0.1) is 11.3 Å². The second kappa shape index (κ2) is 7.49. The molecule has 1 rings (SSSR count). The molecule has 7 nitrogen and oxygen atoms in total. The molecule has 0 saturated heterocycles. The highest BCUT2D eigenvalue weighted by Gasteiger charge is 2.24. The van der Waals surface area contributed by atoms with Gasteiger partial charge in [0.05, 0.1) is 0 Å². The van der Waals surface area contributed by atoms with E-state index >= 15 is 0 Å². The SMILES string of the molecule is CCNC(=O)C(C)NC(=O)NC(C(=O)O)c1cccs1. The van der Waals surface area contributed by atoms with E-state index in [-0.39, 0.29) is 5.91 Å². The molecule has 2 unspecified atom stereocenters. The second-order valence-electron chi connectivity index (χ2n) is 4.02. The van der Waals surface area contributed by atoms with Crippen molar-refractivity contribution in [3.05, 3.63) is 22.4 Å². The quantitative estimate of drug-likeness (QED) is 0.620.